The zero-order chi connectivity index (χ0) is 43.7. The fourth-order valence-corrected chi connectivity index (χ4v) is 9.03. The second kappa shape index (κ2) is 17.5. The van der Waals surface area contributed by atoms with Crippen molar-refractivity contribution in [3.63, 3.8) is 0 Å². The predicted octanol–water partition coefficient (Wildman–Crippen LogP) is 13.3. The molecule has 0 radical (unpaired) electrons. The third-order valence-electron chi connectivity index (χ3n) is 12.1. The maximum absolute atomic E-state index is 6.61. The first-order chi connectivity index (χ1) is 32.6. The van der Waals surface area contributed by atoms with Crippen molar-refractivity contribution >= 4 is 65.4 Å². The number of hydrogen-bond acceptors (Lipinski definition) is 6. The van der Waals surface area contributed by atoms with E-state index in [-0.39, 0.29) is 42.1 Å². The Kier molecular flexibility index (Phi) is 11.0. The van der Waals surface area contributed by atoms with Crippen molar-refractivity contribution in [2.45, 2.75) is 6.92 Å². The van der Waals surface area contributed by atoms with E-state index in [1.165, 1.54) is 5.56 Å². The van der Waals surface area contributed by atoms with E-state index in [9.17, 15) is 0 Å². The molecular formula is C57H33N7O2Pt2. The van der Waals surface area contributed by atoms with Crippen LogP contribution in [0.25, 0.3) is 94.1 Å². The van der Waals surface area contributed by atoms with Crippen LogP contribution < -0.4 is 9.47 Å². The number of rotatable bonds is 8. The van der Waals surface area contributed by atoms with Crippen molar-refractivity contribution in [1.82, 2.24) is 33.6 Å². The average Bonchev–Trinajstić information content (AvgIpc) is 3.99. The molecule has 0 atom stereocenters. The first kappa shape index (κ1) is 42.9. The second-order valence-corrected chi connectivity index (χ2v) is 16.1. The largest absolute Gasteiger partial charge is 2.00 e. The Hall–Kier alpha value is -7.70. The summed E-state index contributed by atoms with van der Waals surface area (Å²) < 4.78 is 19.4. The van der Waals surface area contributed by atoms with Gasteiger partial charge in [-0.25, -0.2) is 19.9 Å². The number of pyridine rings is 2. The fourth-order valence-electron chi connectivity index (χ4n) is 9.03. The summed E-state index contributed by atoms with van der Waals surface area (Å²) in [6.45, 7) is 2.07. The summed E-state index contributed by atoms with van der Waals surface area (Å²) in [7, 11) is 0. The monoisotopic (exact) mass is 1240 g/mol. The van der Waals surface area contributed by atoms with E-state index in [1.807, 2.05) is 114 Å². The summed E-state index contributed by atoms with van der Waals surface area (Å²) >= 11 is 0. The minimum atomic E-state index is 0. The second-order valence-electron chi connectivity index (χ2n) is 16.1. The summed E-state index contributed by atoms with van der Waals surface area (Å²) in [5, 5.41) is 6.17. The zero-order valence-electron chi connectivity index (χ0n) is 35.9. The molecule has 0 bridgehead atoms. The van der Waals surface area contributed by atoms with Crippen LogP contribution in [0.5, 0.6) is 23.0 Å². The molecule has 0 unspecified atom stereocenters. The Labute approximate surface area is 418 Å². The number of hydrogen-bond donors (Lipinski definition) is 0. The van der Waals surface area contributed by atoms with E-state index in [0.717, 1.165) is 88.2 Å². The molecule has 0 saturated carbocycles. The van der Waals surface area contributed by atoms with Gasteiger partial charge < -0.3 is 23.2 Å². The Morgan fingerprint density at radius 1 is 0.368 bits per heavy atom. The molecule has 0 aliphatic carbocycles. The molecule has 9 nitrogen and oxygen atoms in total. The van der Waals surface area contributed by atoms with Gasteiger partial charge >= 0.3 is 42.1 Å². The number of nitrogens with zero attached hydrogens (tertiary/aromatic N) is 7. The van der Waals surface area contributed by atoms with Crippen molar-refractivity contribution in [1.29, 1.82) is 0 Å². The summed E-state index contributed by atoms with van der Waals surface area (Å²) in [5.41, 5.74) is 8.36. The van der Waals surface area contributed by atoms with Gasteiger partial charge in [0.1, 0.15) is 11.6 Å². The number of ether oxygens (including phenoxy) is 2. The summed E-state index contributed by atoms with van der Waals surface area (Å²) in [4.78, 5) is 19.2. The molecular weight excluding hydrogens is 1200 g/mol. The standard InChI is InChI=1S/C57H33N7O2.2Pt/c1-36-16-18-37(19-17-36)38-34-60-57(61-35-38)64-53-32-41(65-39-20-24-45-43-10-2-4-12-49(43)62(51(45)30-39)55-14-6-8-28-58-55)22-26-47(53)48-27-23-42(33-54(48)64)66-40-21-25-46-44-11-3-5-13-50(44)63(52(46)31-40)56-15-7-9-29-59-56;;/h2-29,34-35H,1H3;;/q-4;2*+2. The molecule has 328 valence electrons. The van der Waals surface area contributed by atoms with Crippen LogP contribution in [0.2, 0.25) is 0 Å². The number of aryl methyl sites for hydroxylation is 1. The van der Waals surface area contributed by atoms with E-state index in [2.05, 4.69) is 111 Å². The molecule has 13 aromatic rings. The number of aromatic nitrogens is 7. The minimum absolute atomic E-state index is 0. The molecule has 7 aromatic carbocycles. The SMILES string of the molecule is Cc1ccc(-c2cnc(-n3c4[c-]c(Oc5[c-]c6c(cc5)c5ccccc5n6-c5ccccn5)ccc4c4ccc(Oc5[c-]c6c(cc5)c5ccccc5n6-c5ccccn5)[c-]c43)nc2)cc1.[Pt+2].[Pt+2]. The fraction of sp³-hybridized carbons (Fsp3) is 0.0175. The number of benzene rings is 7. The molecule has 11 heteroatoms. The predicted molar refractivity (Wildman–Crippen MR) is 259 cm³/mol. The minimum Gasteiger partial charge on any atom is -0.509 e. The van der Waals surface area contributed by atoms with Gasteiger partial charge in [0.05, 0.1) is 0 Å². The van der Waals surface area contributed by atoms with Gasteiger partial charge in [-0.05, 0) is 59.7 Å². The molecule has 0 fully saturated rings. The Balaban J connectivity index is 0.00000253. The maximum Gasteiger partial charge on any atom is 2.00 e. The molecule has 0 aliphatic heterocycles. The van der Waals surface area contributed by atoms with Gasteiger partial charge in [0.15, 0.2) is 0 Å². The van der Waals surface area contributed by atoms with Gasteiger partial charge in [-0.15, -0.1) is 59.3 Å². The van der Waals surface area contributed by atoms with Gasteiger partial charge in [-0.1, -0.05) is 100 Å². The third kappa shape index (κ3) is 7.27. The Morgan fingerprint density at radius 3 is 1.19 bits per heavy atom. The van der Waals surface area contributed by atoms with Crippen LogP contribution in [-0.2, 0) is 42.1 Å². The Bertz CT molecular complexity index is 3780. The quantitative estimate of drug-likeness (QED) is 0.141. The van der Waals surface area contributed by atoms with Gasteiger partial charge in [-0.2, -0.15) is 35.0 Å². The summed E-state index contributed by atoms with van der Waals surface area (Å²) in [6, 6.07) is 67.0. The first-order valence-corrected chi connectivity index (χ1v) is 21.5. The maximum atomic E-state index is 6.61. The molecule has 6 heterocycles. The van der Waals surface area contributed by atoms with Gasteiger partial charge in [0, 0.05) is 64.4 Å². The van der Waals surface area contributed by atoms with Crippen LogP contribution in [0.4, 0.5) is 0 Å². The van der Waals surface area contributed by atoms with E-state index < -0.39 is 0 Å². The van der Waals surface area contributed by atoms with Crippen LogP contribution in [0.15, 0.2) is 183 Å². The average molecular weight is 1240 g/mol. The summed E-state index contributed by atoms with van der Waals surface area (Å²) in [6.07, 6.45) is 7.30. The van der Waals surface area contributed by atoms with Crippen molar-refractivity contribution in [3.05, 3.63) is 212 Å². The zero-order valence-corrected chi connectivity index (χ0v) is 40.4. The molecule has 68 heavy (non-hydrogen) atoms. The Morgan fingerprint density at radius 2 is 0.765 bits per heavy atom. The molecule has 6 aromatic heterocycles. The van der Waals surface area contributed by atoms with E-state index in [4.69, 9.17) is 19.4 Å². The van der Waals surface area contributed by atoms with Crippen molar-refractivity contribution < 1.29 is 51.6 Å². The first-order valence-electron chi connectivity index (χ1n) is 21.5. The van der Waals surface area contributed by atoms with E-state index in [0.29, 0.717) is 28.9 Å². The molecule has 0 aliphatic rings. The smallest absolute Gasteiger partial charge is 0.509 e. The van der Waals surface area contributed by atoms with Gasteiger partial charge in [-0.3, -0.25) is 0 Å². The molecule has 0 spiro atoms. The normalized spacial score (nSPS) is 11.4. The van der Waals surface area contributed by atoms with Gasteiger partial charge in [0.2, 0.25) is 5.95 Å². The van der Waals surface area contributed by atoms with Crippen molar-refractivity contribution in [2.75, 3.05) is 0 Å². The van der Waals surface area contributed by atoms with Crippen LogP contribution >= 0.6 is 0 Å². The molecule has 0 N–H and O–H groups in total. The van der Waals surface area contributed by atoms with E-state index in [1.54, 1.807) is 12.4 Å². The van der Waals surface area contributed by atoms with Crippen LogP contribution in [-0.4, -0.2) is 33.6 Å². The molecule has 0 saturated heterocycles. The van der Waals surface area contributed by atoms with Crippen LogP contribution in [0.3, 0.4) is 0 Å². The van der Waals surface area contributed by atoms with Crippen LogP contribution in [0.1, 0.15) is 5.56 Å². The van der Waals surface area contributed by atoms with Crippen LogP contribution in [0, 0.1) is 31.2 Å². The van der Waals surface area contributed by atoms with E-state index >= 15 is 0 Å². The number of fused-ring (bicyclic) bond motifs is 9. The topological polar surface area (TPSA) is 84.8 Å². The van der Waals surface area contributed by atoms with Crippen molar-refractivity contribution in [3.8, 4) is 51.7 Å². The number of para-hydroxylation sites is 2. The van der Waals surface area contributed by atoms with Crippen molar-refractivity contribution in [2.24, 2.45) is 0 Å². The summed E-state index contributed by atoms with van der Waals surface area (Å²) in [5.74, 6) is 4.13. The molecule has 0 amide bonds. The molecule has 13 rings (SSSR count). The van der Waals surface area contributed by atoms with Gasteiger partial charge in [0.25, 0.3) is 0 Å². The third-order valence-corrected chi connectivity index (χ3v) is 12.1.